The summed E-state index contributed by atoms with van der Waals surface area (Å²) in [6.07, 6.45) is 0. The van der Waals surface area contributed by atoms with Crippen molar-refractivity contribution in [2.24, 2.45) is 7.05 Å². The van der Waals surface area contributed by atoms with Gasteiger partial charge >= 0.3 is 11.8 Å². The van der Waals surface area contributed by atoms with Gasteiger partial charge in [0.1, 0.15) is 11.6 Å². The van der Waals surface area contributed by atoms with Crippen molar-refractivity contribution in [1.29, 1.82) is 0 Å². The number of nitrogens with one attached hydrogen (secondary N) is 2. The van der Waals surface area contributed by atoms with Crippen LogP contribution in [0, 0.1) is 12.7 Å². The van der Waals surface area contributed by atoms with Crippen LogP contribution in [0.2, 0.25) is 0 Å². The van der Waals surface area contributed by atoms with Crippen LogP contribution in [0.3, 0.4) is 0 Å². The molecule has 3 N–H and O–H groups in total. The first-order valence-corrected chi connectivity index (χ1v) is 8.74. The highest BCUT2D eigenvalue weighted by molar-refractivity contribution is 5.94. The number of hydrogen-bond acceptors (Lipinski definition) is 8. The van der Waals surface area contributed by atoms with Crippen molar-refractivity contribution in [3.05, 3.63) is 69.3 Å². The van der Waals surface area contributed by atoms with Gasteiger partial charge in [0.15, 0.2) is 5.69 Å². The summed E-state index contributed by atoms with van der Waals surface area (Å²) in [6, 6.07) is 3.81. The first kappa shape index (κ1) is 14.1. The second-order valence-electron chi connectivity index (χ2n) is 6.41. The SMILES string of the molecule is [2H]C([2H])(NC(=O)c1nc(C(NC(=O)c2nnc(C)o2)(C([2H])([2H])[2H])C([2H])([2H])[2H])n(C)c(=O)c1O)c1ccc(F)cc1. The zero-order valence-corrected chi connectivity index (χ0v) is 16.6. The lowest BCUT2D eigenvalue weighted by Gasteiger charge is -2.27. The minimum atomic E-state index is -3.70. The highest BCUT2D eigenvalue weighted by atomic mass is 19.1. The quantitative estimate of drug-likeness (QED) is 0.499. The Morgan fingerprint density at radius 1 is 1.28 bits per heavy atom. The number of rotatable bonds is 6. The molecule has 0 aliphatic heterocycles. The molecule has 0 saturated carbocycles. The summed E-state index contributed by atoms with van der Waals surface area (Å²) in [5.41, 5.74) is -6.53. The molecule has 11 nitrogen and oxygen atoms in total. The van der Waals surface area contributed by atoms with Gasteiger partial charge < -0.3 is 20.2 Å². The van der Waals surface area contributed by atoms with Crippen LogP contribution in [0.4, 0.5) is 4.39 Å². The third kappa shape index (κ3) is 4.63. The Morgan fingerprint density at radius 3 is 2.56 bits per heavy atom. The molecule has 0 unspecified atom stereocenters. The second-order valence-corrected chi connectivity index (χ2v) is 6.41. The van der Waals surface area contributed by atoms with Gasteiger partial charge in [0.2, 0.25) is 11.6 Å². The van der Waals surface area contributed by atoms with E-state index in [-0.39, 0.29) is 11.5 Å². The molecule has 1 aromatic carbocycles. The van der Waals surface area contributed by atoms with Crippen molar-refractivity contribution in [3.63, 3.8) is 0 Å². The molecule has 12 heteroatoms. The summed E-state index contributed by atoms with van der Waals surface area (Å²) < 4.78 is 83.0. The van der Waals surface area contributed by atoms with E-state index in [1.165, 1.54) is 6.92 Å². The number of amides is 2. The van der Waals surface area contributed by atoms with Crippen LogP contribution in [0.25, 0.3) is 0 Å². The number of benzene rings is 1. The highest BCUT2D eigenvalue weighted by Gasteiger charge is 2.32. The van der Waals surface area contributed by atoms with Gasteiger partial charge in [-0.05, 0) is 31.4 Å². The molecule has 0 spiro atoms. The van der Waals surface area contributed by atoms with Crippen LogP contribution < -0.4 is 16.2 Å². The molecule has 0 atom stereocenters. The van der Waals surface area contributed by atoms with Crippen LogP contribution in [0.15, 0.2) is 33.5 Å². The number of hydrogen-bond donors (Lipinski definition) is 3. The molecular weight excluding hydrogens is 423 g/mol. The monoisotopic (exact) mass is 452 g/mol. The fourth-order valence-corrected chi connectivity index (χ4v) is 2.47. The number of halogens is 1. The summed E-state index contributed by atoms with van der Waals surface area (Å²) in [5.74, 6) is -7.31. The molecule has 0 aliphatic carbocycles. The molecule has 2 heterocycles. The Morgan fingerprint density at radius 2 is 1.97 bits per heavy atom. The van der Waals surface area contributed by atoms with Crippen LogP contribution in [0.1, 0.15) is 63.1 Å². The number of nitrogens with zero attached hydrogens (tertiary/aromatic N) is 4. The zero-order valence-electron chi connectivity index (χ0n) is 24.6. The van der Waals surface area contributed by atoms with Gasteiger partial charge in [-0.3, -0.25) is 19.0 Å². The average Bonchev–Trinajstić information content (AvgIpc) is 3.26. The molecule has 32 heavy (non-hydrogen) atoms. The number of aromatic hydroxyl groups is 1. The minimum Gasteiger partial charge on any atom is -0.501 e. The van der Waals surface area contributed by atoms with Gasteiger partial charge in [0.25, 0.3) is 11.5 Å². The van der Waals surface area contributed by atoms with E-state index < -0.39 is 72.1 Å². The standard InChI is InChI=1S/C20H21FN6O5/c1-10-25-26-17(32-10)16(30)24-20(2,3)19-23-13(14(28)18(31)27(19)4)15(29)22-9-11-5-7-12(21)8-6-11/h5-8,28H,9H2,1-4H3,(H,22,29)(H,24,30)/i2D3,3D3,9D2. The lowest BCUT2D eigenvalue weighted by Crippen LogP contribution is -2.46. The smallest absolute Gasteiger partial charge is 0.309 e. The zero-order chi connectivity index (χ0) is 30.4. The van der Waals surface area contributed by atoms with Gasteiger partial charge in [0.05, 0.1) is 8.28 Å². The predicted molar refractivity (Wildman–Crippen MR) is 108 cm³/mol. The van der Waals surface area contributed by atoms with Gasteiger partial charge in [0, 0.05) is 28.7 Å². The van der Waals surface area contributed by atoms with Crippen molar-refractivity contribution < 1.29 is 34.5 Å². The lowest BCUT2D eigenvalue weighted by molar-refractivity contribution is 0.0869. The predicted octanol–water partition coefficient (Wildman–Crippen LogP) is 0.912. The number of carbonyl (C=O) groups excluding carboxylic acids is 2. The van der Waals surface area contributed by atoms with Crippen molar-refractivity contribution in [2.45, 2.75) is 32.7 Å². The number of aryl methyl sites for hydroxylation is 1. The van der Waals surface area contributed by atoms with E-state index >= 15 is 0 Å². The third-order valence-electron chi connectivity index (χ3n) is 4.00. The topological polar surface area (TPSA) is 152 Å². The first-order valence-electron chi connectivity index (χ1n) is 12.7. The largest absolute Gasteiger partial charge is 0.501 e. The molecular formula is C20H21FN6O5. The van der Waals surface area contributed by atoms with Gasteiger partial charge in [-0.25, -0.2) is 9.37 Å². The lowest BCUT2D eigenvalue weighted by atomic mass is 10.0. The first-order chi connectivity index (χ1) is 18.2. The Hall–Kier alpha value is -4.09. The van der Waals surface area contributed by atoms with E-state index in [0.29, 0.717) is 4.57 Å². The number of carbonyl (C=O) groups is 2. The Balaban J connectivity index is 2.23. The Kier molecular flexibility index (Phi) is 3.77. The molecule has 0 bridgehead atoms. The second kappa shape index (κ2) is 8.57. The molecule has 2 amide bonds. The number of aromatic nitrogens is 4. The average molecular weight is 452 g/mol. The van der Waals surface area contributed by atoms with E-state index in [9.17, 15) is 23.9 Å². The highest BCUT2D eigenvalue weighted by Crippen LogP contribution is 2.20. The van der Waals surface area contributed by atoms with E-state index in [1.54, 1.807) is 5.32 Å². The van der Waals surface area contributed by atoms with Gasteiger partial charge in [-0.1, -0.05) is 12.1 Å². The maximum absolute atomic E-state index is 13.3. The van der Waals surface area contributed by atoms with Crippen molar-refractivity contribution in [1.82, 2.24) is 30.4 Å². The van der Waals surface area contributed by atoms with E-state index in [4.69, 9.17) is 15.4 Å². The van der Waals surface area contributed by atoms with E-state index in [2.05, 4.69) is 15.2 Å². The van der Waals surface area contributed by atoms with Crippen molar-refractivity contribution in [3.8, 4) is 5.75 Å². The van der Waals surface area contributed by atoms with E-state index in [0.717, 1.165) is 31.3 Å². The normalized spacial score (nSPS) is 16.2. The molecule has 3 aromatic rings. The molecule has 3 rings (SSSR count). The van der Waals surface area contributed by atoms with E-state index in [1.807, 2.05) is 5.32 Å². The fourth-order valence-electron chi connectivity index (χ4n) is 2.47. The fraction of sp³-hybridized carbons (Fsp3) is 0.300. The van der Waals surface area contributed by atoms with Crippen LogP contribution >= 0.6 is 0 Å². The summed E-state index contributed by atoms with van der Waals surface area (Å²) in [5, 5.41) is 20.8. The van der Waals surface area contributed by atoms with Crippen LogP contribution in [-0.2, 0) is 19.1 Å². The van der Waals surface area contributed by atoms with Crippen molar-refractivity contribution in [2.75, 3.05) is 0 Å². The van der Waals surface area contributed by atoms with Gasteiger partial charge in [-0.2, -0.15) is 0 Å². The van der Waals surface area contributed by atoms with Crippen LogP contribution in [-0.4, -0.2) is 36.7 Å². The van der Waals surface area contributed by atoms with Crippen molar-refractivity contribution >= 4 is 11.8 Å². The molecule has 0 fully saturated rings. The molecule has 2 aromatic heterocycles. The van der Waals surface area contributed by atoms with Crippen LogP contribution in [0.5, 0.6) is 5.75 Å². The summed E-state index contributed by atoms with van der Waals surface area (Å²) in [4.78, 5) is 42.4. The molecule has 168 valence electrons. The molecule has 0 aliphatic rings. The maximum atomic E-state index is 13.3. The van der Waals surface area contributed by atoms with Gasteiger partial charge in [-0.15, -0.1) is 10.2 Å². The third-order valence-corrected chi connectivity index (χ3v) is 4.00. The molecule has 0 saturated heterocycles. The summed E-state index contributed by atoms with van der Waals surface area (Å²) >= 11 is 0. The summed E-state index contributed by atoms with van der Waals surface area (Å²) in [7, 11) is 0.832. The summed E-state index contributed by atoms with van der Waals surface area (Å²) in [6.45, 7) is -8.85. The minimum absolute atomic E-state index is 0.122. The Bertz CT molecular complexity index is 1500. The molecule has 0 radical (unpaired) electrons. The Labute approximate surface area is 192 Å². The maximum Gasteiger partial charge on any atom is 0.309 e.